The van der Waals surface area contributed by atoms with Gasteiger partial charge in [0.25, 0.3) is 0 Å². The highest BCUT2D eigenvalue weighted by atomic mass is 19.1. The van der Waals surface area contributed by atoms with Crippen molar-refractivity contribution < 1.29 is 23.4 Å². The van der Waals surface area contributed by atoms with E-state index in [-0.39, 0.29) is 11.7 Å². The van der Waals surface area contributed by atoms with Crippen molar-refractivity contribution in [1.29, 1.82) is 0 Å². The first-order chi connectivity index (χ1) is 13.0. The van der Waals surface area contributed by atoms with E-state index in [2.05, 4.69) is 10.6 Å². The number of carbonyl (C=O) groups is 1. The molecular formula is C20H21FN2O4. The fraction of sp³-hybridized carbons (Fsp3) is 0.350. The number of hydrogen-bond donors (Lipinski definition) is 2. The number of rotatable bonds is 4. The van der Waals surface area contributed by atoms with E-state index in [0.717, 1.165) is 5.56 Å². The molecule has 0 unspecified atom stereocenters. The first kappa shape index (κ1) is 17.6. The van der Waals surface area contributed by atoms with Crippen LogP contribution in [0, 0.1) is 5.82 Å². The van der Waals surface area contributed by atoms with E-state index in [4.69, 9.17) is 14.2 Å². The van der Waals surface area contributed by atoms with E-state index >= 15 is 0 Å². The maximum Gasteiger partial charge on any atom is 0.237 e. The van der Waals surface area contributed by atoms with Crippen LogP contribution in [0.25, 0.3) is 0 Å². The molecule has 0 radical (unpaired) electrons. The van der Waals surface area contributed by atoms with Gasteiger partial charge in [-0.3, -0.25) is 4.79 Å². The molecule has 2 heterocycles. The number of anilines is 1. The van der Waals surface area contributed by atoms with Crippen molar-refractivity contribution in [3.8, 4) is 17.2 Å². The van der Waals surface area contributed by atoms with E-state index < -0.39 is 11.5 Å². The molecule has 142 valence electrons. The highest BCUT2D eigenvalue weighted by molar-refractivity contribution is 6.07. The second-order valence-electron chi connectivity index (χ2n) is 6.70. The summed E-state index contributed by atoms with van der Waals surface area (Å²) in [6.45, 7) is 0.617. The van der Waals surface area contributed by atoms with Gasteiger partial charge in [-0.25, -0.2) is 4.39 Å². The first-order valence-electron chi connectivity index (χ1n) is 8.70. The molecule has 6 nitrogen and oxygen atoms in total. The number of methoxy groups -OCH3 is 3. The molecule has 2 aromatic carbocycles. The third kappa shape index (κ3) is 2.45. The zero-order valence-electron chi connectivity index (χ0n) is 15.4. The Balaban J connectivity index is 1.91. The van der Waals surface area contributed by atoms with E-state index in [1.807, 2.05) is 6.07 Å². The summed E-state index contributed by atoms with van der Waals surface area (Å²) < 4.78 is 30.4. The van der Waals surface area contributed by atoms with Gasteiger partial charge in [0, 0.05) is 17.3 Å². The summed E-state index contributed by atoms with van der Waals surface area (Å²) in [6, 6.07) is 7.56. The molecular weight excluding hydrogens is 351 g/mol. The minimum Gasteiger partial charge on any atom is -0.496 e. The van der Waals surface area contributed by atoms with Gasteiger partial charge in [-0.05, 0) is 42.8 Å². The lowest BCUT2D eigenvalue weighted by Crippen LogP contribution is -2.39. The van der Waals surface area contributed by atoms with Gasteiger partial charge >= 0.3 is 0 Å². The van der Waals surface area contributed by atoms with Crippen LogP contribution in [-0.4, -0.2) is 33.8 Å². The van der Waals surface area contributed by atoms with Crippen molar-refractivity contribution in [3.05, 3.63) is 47.3 Å². The van der Waals surface area contributed by atoms with Crippen LogP contribution in [0.5, 0.6) is 17.2 Å². The van der Waals surface area contributed by atoms with Crippen molar-refractivity contribution in [2.75, 3.05) is 33.2 Å². The Morgan fingerprint density at radius 1 is 1.04 bits per heavy atom. The molecule has 27 heavy (non-hydrogen) atoms. The predicted molar refractivity (Wildman–Crippen MR) is 98.2 cm³/mol. The van der Waals surface area contributed by atoms with Crippen molar-refractivity contribution in [2.45, 2.75) is 17.9 Å². The number of amides is 1. The molecule has 1 saturated heterocycles. The van der Waals surface area contributed by atoms with Crippen molar-refractivity contribution in [1.82, 2.24) is 5.32 Å². The summed E-state index contributed by atoms with van der Waals surface area (Å²) in [6.07, 6.45) is 0.553. The Kier molecular flexibility index (Phi) is 4.19. The molecule has 2 N–H and O–H groups in total. The highest BCUT2D eigenvalue weighted by Crippen LogP contribution is 2.53. The Labute approximate surface area is 156 Å². The van der Waals surface area contributed by atoms with Crippen molar-refractivity contribution in [2.24, 2.45) is 0 Å². The SMILES string of the molecule is COc1cc(OC)c([C@H]2NCC[C@@]23C(=O)Nc2ccc(F)cc23)cc1OC. The van der Waals surface area contributed by atoms with Crippen LogP contribution in [0.3, 0.4) is 0 Å². The molecule has 7 heteroatoms. The molecule has 0 aromatic heterocycles. The first-order valence-corrected chi connectivity index (χ1v) is 8.70. The number of nitrogens with one attached hydrogen (secondary N) is 2. The van der Waals surface area contributed by atoms with E-state index in [0.29, 0.717) is 41.5 Å². The predicted octanol–water partition coefficient (Wildman–Crippen LogP) is 2.78. The quantitative estimate of drug-likeness (QED) is 0.864. The lowest BCUT2D eigenvalue weighted by atomic mass is 9.72. The van der Waals surface area contributed by atoms with E-state index in [1.54, 1.807) is 33.5 Å². The molecule has 1 spiro atoms. The Morgan fingerprint density at radius 2 is 1.74 bits per heavy atom. The summed E-state index contributed by atoms with van der Waals surface area (Å²) in [5.74, 6) is 1.14. The van der Waals surface area contributed by atoms with Gasteiger partial charge in [-0.1, -0.05) is 0 Å². The van der Waals surface area contributed by atoms with Crippen molar-refractivity contribution in [3.63, 3.8) is 0 Å². The van der Waals surface area contributed by atoms with Gasteiger partial charge in [0.15, 0.2) is 11.5 Å². The smallest absolute Gasteiger partial charge is 0.237 e. The van der Waals surface area contributed by atoms with Crippen LogP contribution >= 0.6 is 0 Å². The zero-order valence-corrected chi connectivity index (χ0v) is 15.4. The summed E-state index contributed by atoms with van der Waals surface area (Å²) in [7, 11) is 4.67. The van der Waals surface area contributed by atoms with E-state index in [9.17, 15) is 9.18 Å². The third-order valence-corrected chi connectivity index (χ3v) is 5.52. The maximum atomic E-state index is 14.0. The summed E-state index contributed by atoms with van der Waals surface area (Å²) in [5.41, 5.74) is 1.17. The molecule has 2 atom stereocenters. The second kappa shape index (κ2) is 6.42. The Hall–Kier alpha value is -2.80. The van der Waals surface area contributed by atoms with Crippen LogP contribution in [-0.2, 0) is 10.2 Å². The highest BCUT2D eigenvalue weighted by Gasteiger charge is 2.56. The van der Waals surface area contributed by atoms with Gasteiger partial charge in [-0.2, -0.15) is 0 Å². The molecule has 1 amide bonds. The second-order valence-corrected chi connectivity index (χ2v) is 6.70. The number of ether oxygens (including phenoxy) is 3. The molecule has 0 bridgehead atoms. The van der Waals surface area contributed by atoms with Crippen LogP contribution < -0.4 is 24.8 Å². The summed E-state index contributed by atoms with van der Waals surface area (Å²) >= 11 is 0. The molecule has 0 saturated carbocycles. The number of benzene rings is 2. The summed E-state index contributed by atoms with van der Waals surface area (Å²) in [5, 5.41) is 6.30. The number of fused-ring (bicyclic) bond motifs is 2. The van der Waals surface area contributed by atoms with Crippen LogP contribution in [0.15, 0.2) is 30.3 Å². The fourth-order valence-corrected chi connectivity index (χ4v) is 4.27. The molecule has 2 aliphatic heterocycles. The normalized spacial score (nSPS) is 23.3. The zero-order chi connectivity index (χ0) is 19.2. The number of hydrogen-bond acceptors (Lipinski definition) is 5. The monoisotopic (exact) mass is 372 g/mol. The minimum absolute atomic E-state index is 0.144. The maximum absolute atomic E-state index is 14.0. The van der Waals surface area contributed by atoms with Gasteiger partial charge in [0.05, 0.1) is 32.8 Å². The van der Waals surface area contributed by atoms with Crippen LogP contribution in [0.1, 0.15) is 23.6 Å². The average Bonchev–Trinajstić information content (AvgIpc) is 3.24. The van der Waals surface area contributed by atoms with Crippen LogP contribution in [0.4, 0.5) is 10.1 Å². The van der Waals surface area contributed by atoms with Gasteiger partial charge < -0.3 is 24.8 Å². The largest absolute Gasteiger partial charge is 0.496 e. The van der Waals surface area contributed by atoms with E-state index in [1.165, 1.54) is 12.1 Å². The number of carbonyl (C=O) groups excluding carboxylic acids is 1. The molecule has 2 aliphatic rings. The van der Waals surface area contributed by atoms with Crippen molar-refractivity contribution >= 4 is 11.6 Å². The fourth-order valence-electron chi connectivity index (χ4n) is 4.27. The lowest BCUT2D eigenvalue weighted by molar-refractivity contribution is -0.121. The van der Waals surface area contributed by atoms with Gasteiger partial charge in [-0.15, -0.1) is 0 Å². The van der Waals surface area contributed by atoms with Gasteiger partial charge in [0.1, 0.15) is 11.6 Å². The van der Waals surface area contributed by atoms with Crippen LogP contribution in [0.2, 0.25) is 0 Å². The third-order valence-electron chi connectivity index (χ3n) is 5.52. The summed E-state index contributed by atoms with van der Waals surface area (Å²) in [4.78, 5) is 13.1. The minimum atomic E-state index is -0.912. The molecule has 2 aromatic rings. The number of halogens is 1. The average molecular weight is 372 g/mol. The lowest BCUT2D eigenvalue weighted by Gasteiger charge is -2.31. The van der Waals surface area contributed by atoms with Gasteiger partial charge in [0.2, 0.25) is 5.91 Å². The topological polar surface area (TPSA) is 68.8 Å². The molecule has 0 aliphatic carbocycles. The molecule has 1 fully saturated rings. The Morgan fingerprint density at radius 3 is 2.44 bits per heavy atom. The standard InChI is InChI=1S/C20H21FN2O4/c1-25-15-10-17(27-3)16(26-2)9-12(15)18-20(6-7-22-18)13-8-11(21)4-5-14(13)23-19(20)24/h4-5,8-10,18,22H,6-7H2,1-3H3,(H,23,24)/t18-,20+/m1/s1. The Bertz CT molecular complexity index is 917. The molecule has 4 rings (SSSR count).